The number of rotatable bonds is 6. The van der Waals surface area contributed by atoms with Crippen molar-refractivity contribution in [1.82, 2.24) is 20.3 Å². The molecule has 2 aromatic heterocycles. The van der Waals surface area contributed by atoms with Gasteiger partial charge in [0.1, 0.15) is 5.75 Å². The summed E-state index contributed by atoms with van der Waals surface area (Å²) >= 11 is 1.35. The van der Waals surface area contributed by atoms with Crippen molar-refractivity contribution < 1.29 is 13.7 Å². The van der Waals surface area contributed by atoms with Crippen molar-refractivity contribution in [3.05, 3.63) is 60.0 Å². The minimum Gasteiger partial charge on any atom is -0.496 e. The maximum Gasteiger partial charge on any atom is 0.277 e. The third-order valence-corrected chi connectivity index (χ3v) is 4.72. The van der Waals surface area contributed by atoms with E-state index >= 15 is 0 Å². The monoisotopic (exact) mass is 380 g/mol. The summed E-state index contributed by atoms with van der Waals surface area (Å²) in [4.78, 5) is 4.41. The summed E-state index contributed by atoms with van der Waals surface area (Å²) in [6.45, 7) is 2.00. The standard InChI is InChI=1S/C19H16N4O3S/c1-12-7-3-4-8-13(12)18-21-22-19(25-18)27-11-16-20-17(23-26-16)14-9-5-6-10-15(14)24-2/h3-10H,11H2,1-2H3. The van der Waals surface area contributed by atoms with Gasteiger partial charge in [-0.2, -0.15) is 4.98 Å². The number of aryl methyl sites for hydroxylation is 1. The molecule has 0 aliphatic rings. The topological polar surface area (TPSA) is 87.1 Å². The number of hydrogen-bond donors (Lipinski definition) is 0. The van der Waals surface area contributed by atoms with Crippen LogP contribution in [0.4, 0.5) is 0 Å². The summed E-state index contributed by atoms with van der Waals surface area (Å²) in [5.74, 6) is 2.57. The van der Waals surface area contributed by atoms with Gasteiger partial charge in [-0.3, -0.25) is 0 Å². The molecule has 0 spiro atoms. The quantitative estimate of drug-likeness (QED) is 0.455. The maximum atomic E-state index is 5.73. The highest BCUT2D eigenvalue weighted by molar-refractivity contribution is 7.98. The summed E-state index contributed by atoms with van der Waals surface area (Å²) in [6.07, 6.45) is 0. The van der Waals surface area contributed by atoms with E-state index in [1.807, 2.05) is 55.5 Å². The van der Waals surface area contributed by atoms with E-state index in [0.717, 1.165) is 16.7 Å². The first-order valence-corrected chi connectivity index (χ1v) is 9.21. The number of ether oxygens (including phenoxy) is 1. The molecule has 7 nitrogen and oxygen atoms in total. The zero-order chi connectivity index (χ0) is 18.6. The fraction of sp³-hybridized carbons (Fsp3) is 0.158. The molecule has 8 heteroatoms. The number of thioether (sulfide) groups is 1. The van der Waals surface area contributed by atoms with Gasteiger partial charge in [-0.05, 0) is 30.7 Å². The first-order valence-electron chi connectivity index (χ1n) is 8.23. The average Bonchev–Trinajstić information content (AvgIpc) is 3.36. The Balaban J connectivity index is 1.46. The predicted molar refractivity (Wildman–Crippen MR) is 100 cm³/mol. The van der Waals surface area contributed by atoms with Crippen LogP contribution >= 0.6 is 11.8 Å². The van der Waals surface area contributed by atoms with Crippen LogP contribution in [0.1, 0.15) is 11.5 Å². The van der Waals surface area contributed by atoms with E-state index in [-0.39, 0.29) is 0 Å². The molecule has 0 aliphatic carbocycles. The van der Waals surface area contributed by atoms with Gasteiger partial charge in [0.15, 0.2) is 0 Å². The zero-order valence-electron chi connectivity index (χ0n) is 14.7. The van der Waals surface area contributed by atoms with Gasteiger partial charge in [-0.1, -0.05) is 47.3 Å². The Morgan fingerprint density at radius 3 is 2.59 bits per heavy atom. The van der Waals surface area contributed by atoms with Gasteiger partial charge in [0.2, 0.25) is 17.6 Å². The number of aromatic nitrogens is 4. The fourth-order valence-corrected chi connectivity index (χ4v) is 3.17. The Morgan fingerprint density at radius 1 is 1.00 bits per heavy atom. The van der Waals surface area contributed by atoms with Gasteiger partial charge < -0.3 is 13.7 Å². The van der Waals surface area contributed by atoms with Crippen LogP contribution < -0.4 is 4.74 Å². The molecule has 2 aromatic carbocycles. The van der Waals surface area contributed by atoms with Crippen LogP contribution in [0.25, 0.3) is 22.8 Å². The van der Waals surface area contributed by atoms with Crippen molar-refractivity contribution in [2.45, 2.75) is 17.9 Å². The van der Waals surface area contributed by atoms with Gasteiger partial charge in [0, 0.05) is 5.56 Å². The third-order valence-electron chi connectivity index (χ3n) is 3.92. The molecule has 0 aliphatic heterocycles. The summed E-state index contributed by atoms with van der Waals surface area (Å²) in [5, 5.41) is 12.7. The molecule has 0 saturated carbocycles. The molecular weight excluding hydrogens is 364 g/mol. The van der Waals surface area contributed by atoms with Gasteiger partial charge in [-0.15, -0.1) is 10.2 Å². The first-order chi connectivity index (χ1) is 13.2. The minimum absolute atomic E-state index is 0.428. The molecular formula is C19H16N4O3S. The molecule has 0 unspecified atom stereocenters. The molecule has 0 saturated heterocycles. The van der Waals surface area contributed by atoms with E-state index in [2.05, 4.69) is 20.3 Å². The van der Waals surface area contributed by atoms with E-state index in [4.69, 9.17) is 13.7 Å². The molecule has 136 valence electrons. The second-order valence-corrected chi connectivity index (χ2v) is 6.62. The van der Waals surface area contributed by atoms with Crippen LogP contribution in [-0.2, 0) is 5.75 Å². The summed E-state index contributed by atoms with van der Waals surface area (Å²) < 4.78 is 16.4. The predicted octanol–water partition coefficient (Wildman–Crippen LogP) is 4.40. The van der Waals surface area contributed by atoms with Crippen LogP contribution in [0.2, 0.25) is 0 Å². The lowest BCUT2D eigenvalue weighted by molar-refractivity contribution is 0.389. The summed E-state index contributed by atoms with van der Waals surface area (Å²) in [6, 6.07) is 15.4. The molecule has 0 N–H and O–H groups in total. The number of nitrogens with zero attached hydrogens (tertiary/aromatic N) is 4. The Hall–Kier alpha value is -3.13. The molecule has 4 aromatic rings. The SMILES string of the molecule is COc1ccccc1-c1noc(CSc2nnc(-c3ccccc3C)o2)n1. The highest BCUT2D eigenvalue weighted by atomic mass is 32.2. The van der Waals surface area contributed by atoms with E-state index in [9.17, 15) is 0 Å². The van der Waals surface area contributed by atoms with Crippen molar-refractivity contribution in [2.75, 3.05) is 7.11 Å². The van der Waals surface area contributed by atoms with Crippen molar-refractivity contribution in [1.29, 1.82) is 0 Å². The minimum atomic E-state index is 0.428. The summed E-state index contributed by atoms with van der Waals surface area (Å²) in [5.41, 5.74) is 2.78. The van der Waals surface area contributed by atoms with Crippen molar-refractivity contribution in [2.24, 2.45) is 0 Å². The lowest BCUT2D eigenvalue weighted by Crippen LogP contribution is -1.89. The molecule has 2 heterocycles. The van der Waals surface area contributed by atoms with Crippen molar-refractivity contribution >= 4 is 11.8 Å². The second kappa shape index (κ2) is 7.63. The molecule has 27 heavy (non-hydrogen) atoms. The molecule has 0 radical (unpaired) electrons. The van der Waals surface area contributed by atoms with Crippen molar-refractivity contribution in [3.63, 3.8) is 0 Å². The Bertz CT molecular complexity index is 1060. The zero-order valence-corrected chi connectivity index (χ0v) is 15.6. The van der Waals surface area contributed by atoms with Gasteiger partial charge in [0.25, 0.3) is 5.22 Å². The molecule has 0 bridgehead atoms. The number of methoxy groups -OCH3 is 1. The number of hydrogen-bond acceptors (Lipinski definition) is 8. The van der Waals surface area contributed by atoms with Crippen LogP contribution in [0.3, 0.4) is 0 Å². The van der Waals surface area contributed by atoms with Crippen LogP contribution in [0.15, 0.2) is 62.7 Å². The van der Waals surface area contributed by atoms with E-state index < -0.39 is 0 Å². The third kappa shape index (κ3) is 3.70. The van der Waals surface area contributed by atoms with Crippen LogP contribution in [-0.4, -0.2) is 27.4 Å². The number of benzene rings is 2. The van der Waals surface area contributed by atoms with Gasteiger partial charge in [-0.25, -0.2) is 0 Å². The van der Waals surface area contributed by atoms with E-state index in [1.54, 1.807) is 7.11 Å². The molecule has 0 amide bonds. The molecule has 0 atom stereocenters. The summed E-state index contributed by atoms with van der Waals surface area (Å²) in [7, 11) is 1.61. The highest BCUT2D eigenvalue weighted by Gasteiger charge is 2.15. The van der Waals surface area contributed by atoms with Gasteiger partial charge >= 0.3 is 0 Å². The van der Waals surface area contributed by atoms with E-state index in [1.165, 1.54) is 11.8 Å². The average molecular weight is 380 g/mol. The Morgan fingerprint density at radius 2 is 1.78 bits per heavy atom. The largest absolute Gasteiger partial charge is 0.496 e. The Kier molecular flexibility index (Phi) is 4.88. The lowest BCUT2D eigenvalue weighted by atomic mass is 10.1. The molecule has 4 rings (SSSR count). The smallest absolute Gasteiger partial charge is 0.277 e. The Labute approximate surface area is 159 Å². The van der Waals surface area contributed by atoms with Crippen molar-refractivity contribution in [3.8, 4) is 28.6 Å². The lowest BCUT2D eigenvalue weighted by Gasteiger charge is -2.02. The van der Waals surface area contributed by atoms with Crippen LogP contribution in [0.5, 0.6) is 5.75 Å². The highest BCUT2D eigenvalue weighted by Crippen LogP contribution is 2.29. The fourth-order valence-electron chi connectivity index (χ4n) is 2.57. The molecule has 0 fully saturated rings. The van der Waals surface area contributed by atoms with Crippen LogP contribution in [0, 0.1) is 6.92 Å². The second-order valence-electron chi connectivity index (χ2n) is 5.69. The van der Waals surface area contributed by atoms with E-state index in [0.29, 0.717) is 34.3 Å². The normalized spacial score (nSPS) is 10.9. The maximum absolute atomic E-state index is 5.73. The first kappa shape index (κ1) is 17.3. The number of para-hydroxylation sites is 1. The van der Waals surface area contributed by atoms with Gasteiger partial charge in [0.05, 0.1) is 18.4 Å².